The molecule has 0 saturated heterocycles. The molecule has 0 amide bonds. The number of rotatable bonds is 1. The van der Waals surface area contributed by atoms with E-state index < -0.39 is 11.6 Å². The molecule has 0 aliphatic heterocycles. The quantitative estimate of drug-likeness (QED) is 0.790. The molecule has 0 unspecified atom stereocenters. The Morgan fingerprint density at radius 1 is 1.11 bits per heavy atom. The van der Waals surface area contributed by atoms with Gasteiger partial charge in [0.2, 0.25) is 0 Å². The van der Waals surface area contributed by atoms with Crippen LogP contribution in [0.25, 0.3) is 11.3 Å². The van der Waals surface area contributed by atoms with Crippen LogP contribution in [-0.4, -0.2) is 9.97 Å². The molecule has 0 atom stereocenters. The highest BCUT2D eigenvalue weighted by molar-refractivity contribution is 7.71. The number of nitrogens with one attached hydrogen (secondary N) is 1. The number of H-pyrrole nitrogens is 1. The first kappa shape index (κ1) is 12.8. The van der Waals surface area contributed by atoms with Crippen molar-refractivity contribution < 1.29 is 8.78 Å². The number of aromatic nitrogens is 2. The van der Waals surface area contributed by atoms with Gasteiger partial charge in [0, 0.05) is 11.3 Å². The lowest BCUT2D eigenvalue weighted by Gasteiger charge is -2.08. The molecule has 18 heavy (non-hydrogen) atoms. The average Bonchev–Trinajstić information content (AvgIpc) is 2.32. The van der Waals surface area contributed by atoms with Gasteiger partial charge in [0.1, 0.15) is 10.3 Å². The van der Waals surface area contributed by atoms with Gasteiger partial charge < -0.3 is 4.98 Å². The van der Waals surface area contributed by atoms with Crippen molar-refractivity contribution >= 4 is 12.2 Å². The molecule has 0 spiro atoms. The third kappa shape index (κ3) is 2.06. The van der Waals surface area contributed by atoms with Crippen molar-refractivity contribution in [1.82, 2.24) is 9.97 Å². The fourth-order valence-electron chi connectivity index (χ4n) is 1.63. The van der Waals surface area contributed by atoms with Gasteiger partial charge in [-0.3, -0.25) is 0 Å². The Kier molecular flexibility index (Phi) is 3.26. The molecule has 0 saturated carbocycles. The summed E-state index contributed by atoms with van der Waals surface area (Å²) in [7, 11) is 0. The Bertz CT molecular complexity index is 677. The van der Waals surface area contributed by atoms with E-state index in [-0.39, 0.29) is 16.8 Å². The van der Waals surface area contributed by atoms with Crippen LogP contribution in [0, 0.1) is 37.0 Å². The Labute approximate surface area is 109 Å². The lowest BCUT2D eigenvalue weighted by Crippen LogP contribution is -2.00. The molecule has 0 bridgehead atoms. The molecule has 1 aromatic heterocycles. The SMILES string of the molecule is Cc1ccc(-c2nc(C)c(C)[nH]c2=S)c(F)c1F. The molecule has 2 nitrogen and oxygen atoms in total. The van der Waals surface area contributed by atoms with Crippen molar-refractivity contribution in [3.05, 3.63) is 45.4 Å². The van der Waals surface area contributed by atoms with E-state index in [4.69, 9.17) is 12.2 Å². The maximum Gasteiger partial charge on any atom is 0.168 e. The molecule has 5 heteroatoms. The number of benzene rings is 1. The van der Waals surface area contributed by atoms with Crippen LogP contribution in [0.1, 0.15) is 17.0 Å². The normalized spacial score (nSPS) is 10.7. The minimum atomic E-state index is -0.912. The summed E-state index contributed by atoms with van der Waals surface area (Å²) in [6, 6.07) is 3.01. The number of aromatic amines is 1. The Morgan fingerprint density at radius 3 is 2.44 bits per heavy atom. The van der Waals surface area contributed by atoms with Crippen LogP contribution in [0.2, 0.25) is 0 Å². The van der Waals surface area contributed by atoms with E-state index in [9.17, 15) is 8.78 Å². The van der Waals surface area contributed by atoms with Gasteiger partial charge >= 0.3 is 0 Å². The molecule has 2 rings (SSSR count). The molecule has 0 aliphatic rings. The lowest BCUT2D eigenvalue weighted by molar-refractivity contribution is 0.505. The van der Waals surface area contributed by atoms with Gasteiger partial charge in [0.05, 0.1) is 5.69 Å². The number of hydrogen-bond acceptors (Lipinski definition) is 2. The van der Waals surface area contributed by atoms with E-state index >= 15 is 0 Å². The van der Waals surface area contributed by atoms with Crippen molar-refractivity contribution in [2.24, 2.45) is 0 Å². The lowest BCUT2D eigenvalue weighted by atomic mass is 10.1. The van der Waals surface area contributed by atoms with Gasteiger partial charge in [-0.1, -0.05) is 18.3 Å². The van der Waals surface area contributed by atoms with Gasteiger partial charge in [-0.2, -0.15) is 0 Å². The summed E-state index contributed by atoms with van der Waals surface area (Å²) in [5.41, 5.74) is 2.14. The Balaban J connectivity index is 2.74. The standard InChI is InChI=1S/C13H12F2N2S/c1-6-4-5-9(11(15)10(6)14)12-13(18)17-8(3)7(2)16-12/h4-5H,1-3H3,(H,17,18). The molecule has 0 aliphatic carbocycles. The fourth-order valence-corrected chi connectivity index (χ4v) is 1.94. The van der Waals surface area contributed by atoms with Gasteiger partial charge in [0.15, 0.2) is 11.6 Å². The van der Waals surface area contributed by atoms with E-state index in [1.54, 1.807) is 6.92 Å². The molecule has 1 N–H and O–H groups in total. The summed E-state index contributed by atoms with van der Waals surface area (Å²) in [6.07, 6.45) is 0. The maximum absolute atomic E-state index is 13.9. The predicted molar refractivity (Wildman–Crippen MR) is 69.0 cm³/mol. The van der Waals surface area contributed by atoms with Crippen molar-refractivity contribution in [1.29, 1.82) is 0 Å². The summed E-state index contributed by atoms with van der Waals surface area (Å²) in [4.78, 5) is 7.16. The van der Waals surface area contributed by atoms with E-state index in [1.807, 2.05) is 6.92 Å². The Morgan fingerprint density at radius 2 is 1.78 bits per heavy atom. The van der Waals surface area contributed by atoms with Gasteiger partial charge in [-0.05, 0) is 32.4 Å². The first-order valence-corrected chi connectivity index (χ1v) is 5.85. The molecule has 94 valence electrons. The second-order valence-corrected chi connectivity index (χ2v) is 4.59. The van der Waals surface area contributed by atoms with Crippen LogP contribution in [0.15, 0.2) is 12.1 Å². The van der Waals surface area contributed by atoms with Crippen LogP contribution < -0.4 is 0 Å². The van der Waals surface area contributed by atoms with Crippen molar-refractivity contribution in [2.45, 2.75) is 20.8 Å². The van der Waals surface area contributed by atoms with Crippen LogP contribution in [-0.2, 0) is 0 Å². The third-order valence-electron chi connectivity index (χ3n) is 2.87. The number of nitrogens with zero attached hydrogens (tertiary/aromatic N) is 1. The monoisotopic (exact) mass is 266 g/mol. The zero-order chi connectivity index (χ0) is 13.4. The van der Waals surface area contributed by atoms with E-state index in [2.05, 4.69) is 9.97 Å². The summed E-state index contributed by atoms with van der Waals surface area (Å²) >= 11 is 5.11. The number of hydrogen-bond donors (Lipinski definition) is 1. The van der Waals surface area contributed by atoms with E-state index in [0.29, 0.717) is 10.3 Å². The highest BCUT2D eigenvalue weighted by atomic mass is 32.1. The molecular formula is C13H12F2N2S. The molecule has 0 fully saturated rings. The molecule has 1 heterocycles. The minimum absolute atomic E-state index is 0.0856. The van der Waals surface area contributed by atoms with E-state index in [1.165, 1.54) is 19.1 Å². The fraction of sp³-hybridized carbons (Fsp3) is 0.231. The summed E-state index contributed by atoms with van der Waals surface area (Å²) in [6.45, 7) is 5.12. The van der Waals surface area contributed by atoms with Gasteiger partial charge in [-0.15, -0.1) is 0 Å². The maximum atomic E-state index is 13.9. The van der Waals surface area contributed by atoms with Gasteiger partial charge in [-0.25, -0.2) is 13.8 Å². The number of halogens is 2. The summed E-state index contributed by atoms with van der Waals surface area (Å²) < 4.78 is 27.7. The smallest absolute Gasteiger partial charge is 0.168 e. The highest BCUT2D eigenvalue weighted by Gasteiger charge is 2.15. The first-order chi connectivity index (χ1) is 8.41. The zero-order valence-corrected chi connectivity index (χ0v) is 11.1. The molecule has 1 aromatic carbocycles. The van der Waals surface area contributed by atoms with Crippen LogP contribution in [0.3, 0.4) is 0 Å². The van der Waals surface area contributed by atoms with E-state index in [0.717, 1.165) is 5.69 Å². The van der Waals surface area contributed by atoms with Crippen LogP contribution >= 0.6 is 12.2 Å². The van der Waals surface area contributed by atoms with Crippen molar-refractivity contribution in [3.63, 3.8) is 0 Å². The minimum Gasteiger partial charge on any atom is -0.347 e. The molecule has 0 radical (unpaired) electrons. The van der Waals surface area contributed by atoms with Gasteiger partial charge in [0.25, 0.3) is 0 Å². The first-order valence-electron chi connectivity index (χ1n) is 5.44. The third-order valence-corrected chi connectivity index (χ3v) is 3.16. The van der Waals surface area contributed by atoms with Crippen LogP contribution in [0.5, 0.6) is 0 Å². The average molecular weight is 266 g/mol. The predicted octanol–water partition coefficient (Wildman–Crippen LogP) is 4.01. The zero-order valence-electron chi connectivity index (χ0n) is 10.3. The Hall–Kier alpha value is -1.62. The molecular weight excluding hydrogens is 254 g/mol. The topological polar surface area (TPSA) is 28.7 Å². The van der Waals surface area contributed by atoms with Crippen molar-refractivity contribution in [2.75, 3.05) is 0 Å². The molecule has 2 aromatic rings. The second-order valence-electron chi connectivity index (χ2n) is 4.18. The van der Waals surface area contributed by atoms with Crippen LogP contribution in [0.4, 0.5) is 8.78 Å². The highest BCUT2D eigenvalue weighted by Crippen LogP contribution is 2.25. The second kappa shape index (κ2) is 4.57. The largest absolute Gasteiger partial charge is 0.347 e. The van der Waals surface area contributed by atoms with Crippen molar-refractivity contribution in [3.8, 4) is 11.3 Å². The summed E-state index contributed by atoms with van der Waals surface area (Å²) in [5.74, 6) is -1.77. The number of aryl methyl sites for hydroxylation is 3. The summed E-state index contributed by atoms with van der Waals surface area (Å²) in [5, 5.41) is 0.